The van der Waals surface area contributed by atoms with E-state index in [0.717, 1.165) is 72.0 Å². The second kappa shape index (κ2) is 9.83. The van der Waals surface area contributed by atoms with Crippen LogP contribution in [0, 0.1) is 0 Å². The second-order valence-corrected chi connectivity index (χ2v) is 11.8. The van der Waals surface area contributed by atoms with Gasteiger partial charge in [0.1, 0.15) is 9.83 Å². The van der Waals surface area contributed by atoms with Crippen molar-refractivity contribution in [3.63, 3.8) is 0 Å². The van der Waals surface area contributed by atoms with Crippen molar-refractivity contribution in [1.82, 2.24) is 9.55 Å². The molecule has 0 spiro atoms. The standard InChI is InChI=1S/C24H27N3O4S3/c1-3-31-23(30)19-14-9-5-7-11-16(14)34-21(19)25-17(28)12-32-24-26-20-18(22(29)27(24)2)13-8-4-6-10-15(13)33-20/h3-12H2,1-2H3,(H,25,28). The SMILES string of the molecule is CCOC(=O)c1c(NC(=O)CSc2nc3sc4c(c3c(=O)n2C)CCCC4)sc2c1CCCC2. The molecule has 0 aromatic carbocycles. The van der Waals surface area contributed by atoms with E-state index in [-0.39, 0.29) is 23.2 Å². The molecular weight excluding hydrogens is 490 g/mol. The summed E-state index contributed by atoms with van der Waals surface area (Å²) < 4.78 is 6.82. The fourth-order valence-corrected chi connectivity index (χ4v) is 8.13. The number of fused-ring (bicyclic) bond motifs is 4. The average molecular weight is 518 g/mol. The summed E-state index contributed by atoms with van der Waals surface area (Å²) in [6.45, 7) is 2.07. The van der Waals surface area contributed by atoms with Crippen molar-refractivity contribution in [1.29, 1.82) is 0 Å². The molecule has 1 amide bonds. The lowest BCUT2D eigenvalue weighted by atomic mass is 9.95. The molecule has 3 aromatic rings. The lowest BCUT2D eigenvalue weighted by molar-refractivity contribution is -0.113. The van der Waals surface area contributed by atoms with Gasteiger partial charge in [0.05, 0.1) is 23.3 Å². The van der Waals surface area contributed by atoms with Crippen LogP contribution in [-0.4, -0.2) is 33.8 Å². The number of amides is 1. The molecule has 10 heteroatoms. The van der Waals surface area contributed by atoms with Crippen LogP contribution in [0.3, 0.4) is 0 Å². The Kier molecular flexibility index (Phi) is 6.81. The summed E-state index contributed by atoms with van der Waals surface area (Å²) in [4.78, 5) is 46.5. The number of nitrogens with one attached hydrogen (secondary N) is 1. The highest BCUT2D eigenvalue weighted by molar-refractivity contribution is 7.99. The first-order valence-corrected chi connectivity index (χ1v) is 14.3. The van der Waals surface area contributed by atoms with Gasteiger partial charge in [-0.1, -0.05) is 11.8 Å². The number of carbonyl (C=O) groups is 2. The van der Waals surface area contributed by atoms with E-state index in [9.17, 15) is 14.4 Å². The quantitative estimate of drug-likeness (QED) is 0.289. The van der Waals surface area contributed by atoms with E-state index in [1.54, 1.807) is 29.9 Å². The third kappa shape index (κ3) is 4.31. The van der Waals surface area contributed by atoms with Crippen LogP contribution in [0.2, 0.25) is 0 Å². The molecule has 1 N–H and O–H groups in total. The Morgan fingerprint density at radius 3 is 2.47 bits per heavy atom. The Labute approximate surface area is 209 Å². The Morgan fingerprint density at radius 2 is 1.74 bits per heavy atom. The number of nitrogens with zero attached hydrogens (tertiary/aromatic N) is 2. The predicted molar refractivity (Wildman–Crippen MR) is 138 cm³/mol. The number of hydrogen-bond acceptors (Lipinski definition) is 8. The van der Waals surface area contributed by atoms with Gasteiger partial charge in [-0.15, -0.1) is 22.7 Å². The number of rotatable bonds is 6. The molecule has 3 aromatic heterocycles. The van der Waals surface area contributed by atoms with Crippen LogP contribution in [0.15, 0.2) is 9.95 Å². The van der Waals surface area contributed by atoms with Crippen molar-refractivity contribution in [3.8, 4) is 0 Å². The number of carbonyl (C=O) groups excluding carboxylic acids is 2. The highest BCUT2D eigenvalue weighted by Gasteiger charge is 2.27. The van der Waals surface area contributed by atoms with E-state index in [1.807, 2.05) is 0 Å². The van der Waals surface area contributed by atoms with Gasteiger partial charge in [0.2, 0.25) is 5.91 Å². The molecule has 0 bridgehead atoms. The predicted octanol–water partition coefficient (Wildman–Crippen LogP) is 4.72. The summed E-state index contributed by atoms with van der Waals surface area (Å²) >= 11 is 4.33. The lowest BCUT2D eigenvalue weighted by Gasteiger charge is -2.12. The van der Waals surface area contributed by atoms with Crippen LogP contribution in [0.4, 0.5) is 5.00 Å². The fraction of sp³-hybridized carbons (Fsp3) is 0.500. The van der Waals surface area contributed by atoms with Gasteiger partial charge in [0.15, 0.2) is 5.16 Å². The van der Waals surface area contributed by atoms with Gasteiger partial charge in [-0.05, 0) is 69.4 Å². The molecule has 3 heterocycles. The minimum Gasteiger partial charge on any atom is -0.462 e. The number of ether oxygens (including phenoxy) is 1. The number of anilines is 1. The van der Waals surface area contributed by atoms with E-state index in [4.69, 9.17) is 9.72 Å². The molecule has 7 nitrogen and oxygen atoms in total. The summed E-state index contributed by atoms with van der Waals surface area (Å²) in [6.07, 6.45) is 8.10. The van der Waals surface area contributed by atoms with E-state index in [1.165, 1.54) is 33.5 Å². The molecule has 2 aliphatic rings. The van der Waals surface area contributed by atoms with Crippen molar-refractivity contribution in [2.75, 3.05) is 17.7 Å². The lowest BCUT2D eigenvalue weighted by Crippen LogP contribution is -2.22. The maximum Gasteiger partial charge on any atom is 0.341 e. The van der Waals surface area contributed by atoms with Crippen LogP contribution in [0.5, 0.6) is 0 Å². The molecule has 0 radical (unpaired) electrons. The molecule has 0 unspecified atom stereocenters. The van der Waals surface area contributed by atoms with Crippen LogP contribution in [0.1, 0.15) is 63.8 Å². The van der Waals surface area contributed by atoms with Crippen LogP contribution >= 0.6 is 34.4 Å². The molecule has 0 fully saturated rings. The topological polar surface area (TPSA) is 90.3 Å². The number of hydrogen-bond donors (Lipinski definition) is 1. The van der Waals surface area contributed by atoms with Crippen molar-refractivity contribution >= 4 is 61.5 Å². The number of thiophene rings is 2. The second-order valence-electron chi connectivity index (χ2n) is 8.62. The number of aryl methyl sites for hydroxylation is 3. The normalized spacial score (nSPS) is 15.1. The Morgan fingerprint density at radius 1 is 1.06 bits per heavy atom. The first-order valence-electron chi connectivity index (χ1n) is 11.7. The van der Waals surface area contributed by atoms with Gasteiger partial charge in [-0.25, -0.2) is 9.78 Å². The Hall–Kier alpha value is -2.17. The molecule has 34 heavy (non-hydrogen) atoms. The van der Waals surface area contributed by atoms with Crippen LogP contribution in [-0.2, 0) is 42.3 Å². The summed E-state index contributed by atoms with van der Waals surface area (Å²) in [5.41, 5.74) is 2.66. The smallest absolute Gasteiger partial charge is 0.341 e. The third-order valence-electron chi connectivity index (χ3n) is 6.39. The molecule has 0 aliphatic heterocycles. The van der Waals surface area contributed by atoms with E-state index >= 15 is 0 Å². The van der Waals surface area contributed by atoms with Crippen molar-refractivity contribution < 1.29 is 14.3 Å². The summed E-state index contributed by atoms with van der Waals surface area (Å²) in [5.74, 6) is -0.503. The molecule has 0 saturated carbocycles. The Balaban J connectivity index is 1.35. The Bertz CT molecular complexity index is 1340. The zero-order chi connectivity index (χ0) is 23.8. The molecule has 0 atom stereocenters. The fourth-order valence-electron chi connectivity index (χ4n) is 4.76. The van der Waals surface area contributed by atoms with E-state index < -0.39 is 0 Å². The molecular formula is C24H27N3O4S3. The summed E-state index contributed by atoms with van der Waals surface area (Å²) in [6, 6.07) is 0. The van der Waals surface area contributed by atoms with Gasteiger partial charge < -0.3 is 10.1 Å². The van der Waals surface area contributed by atoms with Crippen LogP contribution < -0.4 is 10.9 Å². The molecule has 180 valence electrons. The van der Waals surface area contributed by atoms with Gasteiger partial charge >= 0.3 is 5.97 Å². The van der Waals surface area contributed by atoms with Gasteiger partial charge in [0, 0.05) is 16.8 Å². The first kappa shape index (κ1) is 23.6. The first-order chi connectivity index (χ1) is 16.5. The zero-order valence-corrected chi connectivity index (χ0v) is 21.8. The minimum absolute atomic E-state index is 0.0390. The zero-order valence-electron chi connectivity index (χ0n) is 19.3. The number of esters is 1. The van der Waals surface area contributed by atoms with Crippen molar-refractivity contribution in [2.24, 2.45) is 7.05 Å². The highest BCUT2D eigenvalue weighted by atomic mass is 32.2. The highest BCUT2D eigenvalue weighted by Crippen LogP contribution is 2.39. The van der Waals surface area contributed by atoms with Gasteiger partial charge in [0.25, 0.3) is 5.56 Å². The van der Waals surface area contributed by atoms with E-state index in [2.05, 4.69) is 5.32 Å². The largest absolute Gasteiger partial charge is 0.462 e. The maximum absolute atomic E-state index is 13.1. The van der Waals surface area contributed by atoms with Crippen molar-refractivity contribution in [2.45, 2.75) is 63.4 Å². The average Bonchev–Trinajstić information content (AvgIpc) is 3.38. The van der Waals surface area contributed by atoms with Gasteiger partial charge in [-0.3, -0.25) is 14.2 Å². The monoisotopic (exact) mass is 517 g/mol. The minimum atomic E-state index is -0.374. The number of thioether (sulfide) groups is 1. The maximum atomic E-state index is 13.1. The van der Waals surface area contributed by atoms with E-state index in [0.29, 0.717) is 22.3 Å². The summed E-state index contributed by atoms with van der Waals surface area (Å²) in [7, 11) is 1.72. The van der Waals surface area contributed by atoms with Crippen molar-refractivity contribution in [3.05, 3.63) is 36.8 Å². The number of aromatic nitrogens is 2. The third-order valence-corrected chi connectivity index (χ3v) is 9.81. The van der Waals surface area contributed by atoms with Crippen LogP contribution in [0.25, 0.3) is 10.2 Å². The molecule has 0 saturated heterocycles. The van der Waals surface area contributed by atoms with Gasteiger partial charge in [-0.2, -0.15) is 0 Å². The molecule has 2 aliphatic carbocycles. The summed E-state index contributed by atoms with van der Waals surface area (Å²) in [5, 5.41) is 4.78. The molecule has 5 rings (SSSR count).